The molecule has 0 spiro atoms. The van der Waals surface area contributed by atoms with E-state index < -0.39 is 0 Å². The van der Waals surface area contributed by atoms with Gasteiger partial charge < -0.3 is 24.6 Å². The molecule has 2 aromatic rings. The van der Waals surface area contributed by atoms with E-state index in [4.69, 9.17) is 9.47 Å². The van der Waals surface area contributed by atoms with E-state index in [1.165, 1.54) is 0 Å². The molecule has 1 saturated heterocycles. The Balaban J connectivity index is 1.58. The molecule has 0 bridgehead atoms. The molecular weight excluding hydrogens is 364 g/mol. The van der Waals surface area contributed by atoms with Gasteiger partial charge in [-0.25, -0.2) is 9.78 Å². The van der Waals surface area contributed by atoms with Crippen molar-refractivity contribution < 1.29 is 14.3 Å². The fraction of sp³-hybridized carbons (Fsp3) is 0.474. The third-order valence-electron chi connectivity index (χ3n) is 4.69. The molecule has 146 valence electrons. The summed E-state index contributed by atoms with van der Waals surface area (Å²) in [6.07, 6.45) is 0. The Morgan fingerprint density at radius 2 is 1.96 bits per heavy atom. The second-order valence-corrected chi connectivity index (χ2v) is 7.36. The molecule has 3 rings (SSSR count). The lowest BCUT2D eigenvalue weighted by Crippen LogP contribution is -2.52. The van der Waals surface area contributed by atoms with Gasteiger partial charge in [0.2, 0.25) is 0 Å². The molecule has 0 unspecified atom stereocenters. The molecule has 1 aromatic carbocycles. The molecule has 1 aliphatic rings. The van der Waals surface area contributed by atoms with E-state index >= 15 is 0 Å². The number of carbonyl (C=O) groups excluding carboxylic acids is 1. The molecule has 2 heterocycles. The Bertz CT molecular complexity index is 787. The molecular formula is C19H26N4O3S. The van der Waals surface area contributed by atoms with Gasteiger partial charge in [-0.1, -0.05) is 0 Å². The molecule has 8 heteroatoms. The molecule has 1 atom stereocenters. The number of amides is 2. The molecule has 0 aliphatic carbocycles. The van der Waals surface area contributed by atoms with Gasteiger partial charge in [-0.15, -0.1) is 11.3 Å². The number of aryl methyl sites for hydroxylation is 1. The maximum absolute atomic E-state index is 12.7. The van der Waals surface area contributed by atoms with Crippen LogP contribution in [-0.4, -0.2) is 56.3 Å². The van der Waals surface area contributed by atoms with Gasteiger partial charge in [-0.3, -0.25) is 0 Å². The Kier molecular flexibility index (Phi) is 6.05. The number of carbonyl (C=O) groups is 1. The smallest absolute Gasteiger partial charge is 0.317 e. The van der Waals surface area contributed by atoms with Gasteiger partial charge in [0.25, 0.3) is 0 Å². The summed E-state index contributed by atoms with van der Waals surface area (Å²) in [5.41, 5.74) is 1.96. The summed E-state index contributed by atoms with van der Waals surface area (Å²) in [7, 11) is 3.23. The van der Waals surface area contributed by atoms with Crippen molar-refractivity contribution in [3.05, 3.63) is 34.8 Å². The molecule has 1 aromatic heterocycles. The minimum atomic E-state index is -0.169. The zero-order valence-corrected chi connectivity index (χ0v) is 17.0. The molecule has 1 N–H and O–H groups in total. The highest BCUT2D eigenvalue weighted by atomic mass is 32.1. The van der Waals surface area contributed by atoms with E-state index in [0.29, 0.717) is 18.8 Å². The zero-order valence-electron chi connectivity index (χ0n) is 16.2. The van der Waals surface area contributed by atoms with Crippen LogP contribution in [0, 0.1) is 6.92 Å². The number of urea groups is 1. The molecule has 7 nitrogen and oxygen atoms in total. The molecule has 0 saturated carbocycles. The first-order valence-electron chi connectivity index (χ1n) is 8.96. The normalized spacial score (nSPS) is 15.4. The lowest BCUT2D eigenvalue weighted by Gasteiger charge is -2.35. The van der Waals surface area contributed by atoms with Crippen molar-refractivity contribution in [1.29, 1.82) is 0 Å². The Morgan fingerprint density at radius 3 is 2.56 bits per heavy atom. The molecule has 1 aliphatic heterocycles. The monoisotopic (exact) mass is 390 g/mol. The summed E-state index contributed by atoms with van der Waals surface area (Å²) < 4.78 is 10.7. The van der Waals surface area contributed by atoms with E-state index in [1.54, 1.807) is 25.6 Å². The van der Waals surface area contributed by atoms with Crippen molar-refractivity contribution in [2.45, 2.75) is 19.9 Å². The Hall–Kier alpha value is -2.48. The van der Waals surface area contributed by atoms with Gasteiger partial charge in [0.1, 0.15) is 11.5 Å². The number of aromatic nitrogens is 1. The van der Waals surface area contributed by atoms with Crippen LogP contribution in [0.25, 0.3) is 0 Å². The summed E-state index contributed by atoms with van der Waals surface area (Å²) in [6.45, 7) is 6.89. The van der Waals surface area contributed by atoms with E-state index in [9.17, 15) is 4.79 Å². The van der Waals surface area contributed by atoms with Gasteiger partial charge in [-0.2, -0.15) is 0 Å². The van der Waals surface area contributed by atoms with Crippen LogP contribution in [-0.2, 0) is 0 Å². The largest absolute Gasteiger partial charge is 0.497 e. The summed E-state index contributed by atoms with van der Waals surface area (Å²) in [5, 5.41) is 6.16. The van der Waals surface area contributed by atoms with Gasteiger partial charge >= 0.3 is 6.03 Å². The molecule has 0 radical (unpaired) electrons. The standard InChI is InChI=1S/C19H26N4O3S/c1-13-12-27-19(20-13)23-9-7-22(8-10-23)18(24)21-14(2)16-6-5-15(25-3)11-17(16)26-4/h5-6,11-12,14H,7-10H2,1-4H3,(H,21,24)/t14-/m0/s1. The van der Waals surface area contributed by atoms with E-state index in [-0.39, 0.29) is 12.1 Å². The van der Waals surface area contributed by atoms with Crippen LogP contribution in [0.4, 0.5) is 9.93 Å². The minimum absolute atomic E-state index is 0.0599. The first kappa shape index (κ1) is 19.3. The predicted octanol–water partition coefficient (Wildman–Crippen LogP) is 3.06. The van der Waals surface area contributed by atoms with Crippen LogP contribution in [0.3, 0.4) is 0 Å². The second-order valence-electron chi connectivity index (χ2n) is 6.52. The van der Waals surface area contributed by atoms with Crippen molar-refractivity contribution in [3.63, 3.8) is 0 Å². The highest BCUT2D eigenvalue weighted by Crippen LogP contribution is 2.29. The number of hydrogen-bond donors (Lipinski definition) is 1. The Labute approximate surface area is 163 Å². The van der Waals surface area contributed by atoms with Crippen LogP contribution >= 0.6 is 11.3 Å². The quantitative estimate of drug-likeness (QED) is 0.850. The number of hydrogen-bond acceptors (Lipinski definition) is 6. The fourth-order valence-electron chi connectivity index (χ4n) is 3.12. The third kappa shape index (κ3) is 4.44. The molecule has 27 heavy (non-hydrogen) atoms. The van der Waals surface area contributed by atoms with E-state index in [1.807, 2.05) is 36.9 Å². The first-order chi connectivity index (χ1) is 13.0. The van der Waals surface area contributed by atoms with Crippen LogP contribution in [0.5, 0.6) is 11.5 Å². The summed E-state index contributed by atoms with van der Waals surface area (Å²) >= 11 is 1.65. The Morgan fingerprint density at radius 1 is 1.22 bits per heavy atom. The zero-order chi connectivity index (χ0) is 19.4. The summed E-state index contributed by atoms with van der Waals surface area (Å²) in [4.78, 5) is 21.3. The number of nitrogens with one attached hydrogen (secondary N) is 1. The van der Waals surface area contributed by atoms with Gasteiger partial charge in [0, 0.05) is 43.2 Å². The average Bonchev–Trinajstić information content (AvgIpc) is 3.13. The second kappa shape index (κ2) is 8.47. The van der Waals surface area contributed by atoms with Crippen molar-refractivity contribution >= 4 is 22.5 Å². The van der Waals surface area contributed by atoms with Crippen LogP contribution in [0.2, 0.25) is 0 Å². The van der Waals surface area contributed by atoms with Crippen LogP contribution < -0.4 is 19.7 Å². The third-order valence-corrected chi connectivity index (χ3v) is 5.71. The number of methoxy groups -OCH3 is 2. The van der Waals surface area contributed by atoms with E-state index in [0.717, 1.165) is 35.2 Å². The lowest BCUT2D eigenvalue weighted by molar-refractivity contribution is 0.191. The van der Waals surface area contributed by atoms with Crippen molar-refractivity contribution in [1.82, 2.24) is 15.2 Å². The van der Waals surface area contributed by atoms with Crippen LogP contribution in [0.15, 0.2) is 23.6 Å². The minimum Gasteiger partial charge on any atom is -0.497 e. The molecule has 2 amide bonds. The lowest BCUT2D eigenvalue weighted by atomic mass is 10.1. The molecule has 1 fully saturated rings. The number of ether oxygens (including phenoxy) is 2. The van der Waals surface area contributed by atoms with Crippen molar-refractivity contribution in [3.8, 4) is 11.5 Å². The maximum atomic E-state index is 12.7. The van der Waals surface area contributed by atoms with Gasteiger partial charge in [0.15, 0.2) is 5.13 Å². The van der Waals surface area contributed by atoms with Crippen molar-refractivity contribution in [2.24, 2.45) is 0 Å². The SMILES string of the molecule is COc1ccc([C@H](C)NC(=O)N2CCN(c3nc(C)cs3)CC2)c(OC)c1. The topological polar surface area (TPSA) is 66.9 Å². The van der Waals surface area contributed by atoms with E-state index in [2.05, 4.69) is 20.6 Å². The van der Waals surface area contributed by atoms with Gasteiger partial charge in [-0.05, 0) is 26.0 Å². The first-order valence-corrected chi connectivity index (χ1v) is 9.84. The number of benzene rings is 1. The number of nitrogens with zero attached hydrogens (tertiary/aromatic N) is 3. The van der Waals surface area contributed by atoms with Gasteiger partial charge in [0.05, 0.1) is 26.0 Å². The summed E-state index contributed by atoms with van der Waals surface area (Å²) in [5.74, 6) is 1.42. The number of thiazole rings is 1. The number of anilines is 1. The predicted molar refractivity (Wildman–Crippen MR) is 107 cm³/mol. The number of piperazine rings is 1. The highest BCUT2D eigenvalue weighted by molar-refractivity contribution is 7.13. The van der Waals surface area contributed by atoms with Crippen molar-refractivity contribution in [2.75, 3.05) is 45.3 Å². The van der Waals surface area contributed by atoms with Crippen LogP contribution in [0.1, 0.15) is 24.2 Å². The number of rotatable bonds is 5. The summed E-state index contributed by atoms with van der Waals surface area (Å²) in [6, 6.07) is 5.39. The maximum Gasteiger partial charge on any atom is 0.317 e. The average molecular weight is 391 g/mol. The highest BCUT2D eigenvalue weighted by Gasteiger charge is 2.24. The fourth-order valence-corrected chi connectivity index (χ4v) is 3.98.